The molecule has 1 saturated heterocycles. The summed E-state index contributed by atoms with van der Waals surface area (Å²) < 4.78 is 12.8. The molecule has 1 heterocycles. The van der Waals surface area contributed by atoms with Crippen molar-refractivity contribution >= 4 is 18.7 Å². The molecule has 0 aliphatic carbocycles. The molecule has 128 valence electrons. The van der Waals surface area contributed by atoms with Crippen molar-refractivity contribution < 1.29 is 9.16 Å². The quantitative estimate of drug-likeness (QED) is 0.792. The van der Waals surface area contributed by atoms with E-state index in [1.807, 2.05) is 0 Å². The zero-order chi connectivity index (χ0) is 17.2. The third-order valence-electron chi connectivity index (χ3n) is 5.04. The van der Waals surface area contributed by atoms with E-state index in [1.165, 1.54) is 10.4 Å². The van der Waals surface area contributed by atoms with Gasteiger partial charge in [0.05, 0.1) is 19.3 Å². The van der Waals surface area contributed by atoms with Gasteiger partial charge >= 0.3 is 0 Å². The molecule has 0 spiro atoms. The highest BCUT2D eigenvalue weighted by atomic mass is 28.4. The van der Waals surface area contributed by atoms with E-state index in [2.05, 4.69) is 88.4 Å². The smallest absolute Gasteiger partial charge is 0.261 e. The fraction of sp³-hybridized carbons (Fsp3) is 0.429. The van der Waals surface area contributed by atoms with Gasteiger partial charge in [-0.15, -0.1) is 0 Å². The van der Waals surface area contributed by atoms with E-state index in [9.17, 15) is 0 Å². The molecule has 2 atom stereocenters. The molecule has 0 N–H and O–H groups in total. The van der Waals surface area contributed by atoms with Crippen LogP contribution in [0.25, 0.3) is 0 Å². The van der Waals surface area contributed by atoms with E-state index in [0.29, 0.717) is 12.5 Å². The summed E-state index contributed by atoms with van der Waals surface area (Å²) in [5.74, 6) is 0.437. The Bertz CT molecular complexity index is 609. The van der Waals surface area contributed by atoms with Gasteiger partial charge < -0.3 is 9.16 Å². The predicted molar refractivity (Wildman–Crippen MR) is 102 cm³/mol. The van der Waals surface area contributed by atoms with Crippen LogP contribution in [0.1, 0.15) is 27.7 Å². The molecule has 2 aromatic rings. The minimum absolute atomic E-state index is 0.0258. The molecule has 0 amide bonds. The minimum Gasteiger partial charge on any atom is -0.402 e. The molecule has 24 heavy (non-hydrogen) atoms. The lowest BCUT2D eigenvalue weighted by Gasteiger charge is -2.45. The molecule has 2 nitrogen and oxygen atoms in total. The molecule has 0 aromatic heterocycles. The average Bonchev–Trinajstić information content (AvgIpc) is 2.98. The zero-order valence-corrected chi connectivity index (χ0v) is 16.2. The molecule has 1 fully saturated rings. The van der Waals surface area contributed by atoms with Crippen molar-refractivity contribution in [1.29, 1.82) is 0 Å². The van der Waals surface area contributed by atoms with Crippen molar-refractivity contribution in [3.05, 3.63) is 60.7 Å². The second kappa shape index (κ2) is 6.83. The molecule has 1 aliphatic rings. The molecule has 0 unspecified atom stereocenters. The number of rotatable bonds is 4. The molecule has 3 heteroatoms. The molecule has 0 radical (unpaired) electrons. The number of hydrogen-bond donors (Lipinski definition) is 0. The van der Waals surface area contributed by atoms with Crippen LogP contribution in [0.15, 0.2) is 60.7 Å². The number of ether oxygens (including phenoxy) is 1. The van der Waals surface area contributed by atoms with Crippen LogP contribution in [0, 0.1) is 5.92 Å². The molecule has 1 aliphatic heterocycles. The topological polar surface area (TPSA) is 18.5 Å². The van der Waals surface area contributed by atoms with E-state index in [0.717, 1.165) is 6.61 Å². The van der Waals surface area contributed by atoms with Crippen molar-refractivity contribution in [2.45, 2.75) is 38.8 Å². The molecular formula is C21H28O2Si. The number of hydrogen-bond acceptors (Lipinski definition) is 2. The summed E-state index contributed by atoms with van der Waals surface area (Å²) in [5, 5.41) is 2.70. The van der Waals surface area contributed by atoms with Crippen LogP contribution in [0.2, 0.25) is 5.04 Å². The normalized spacial score (nSPS) is 21.8. The van der Waals surface area contributed by atoms with Crippen molar-refractivity contribution in [3.63, 3.8) is 0 Å². The second-order valence-electron chi connectivity index (χ2n) is 7.83. The van der Waals surface area contributed by atoms with Gasteiger partial charge in [-0.3, -0.25) is 0 Å². The monoisotopic (exact) mass is 340 g/mol. The SMILES string of the molecule is C[C@H]1COC[C@H]1O[Si](c1ccccc1)(c1ccccc1)C(C)(C)C. The van der Waals surface area contributed by atoms with Crippen LogP contribution < -0.4 is 10.4 Å². The molecule has 0 bridgehead atoms. The molecular weight excluding hydrogens is 312 g/mol. The Morgan fingerprint density at radius 3 is 1.75 bits per heavy atom. The first-order chi connectivity index (χ1) is 11.4. The Morgan fingerprint density at radius 1 is 0.875 bits per heavy atom. The van der Waals surface area contributed by atoms with Crippen LogP contribution in [-0.2, 0) is 9.16 Å². The first-order valence-electron chi connectivity index (χ1n) is 8.82. The fourth-order valence-electron chi connectivity index (χ4n) is 3.71. The third-order valence-corrected chi connectivity index (χ3v) is 10.1. The standard InChI is InChI=1S/C21H28O2Si/c1-17-15-22-16-20(17)23-24(21(2,3)4,18-11-7-5-8-12-18)19-13-9-6-10-14-19/h5-14,17,20H,15-16H2,1-4H3/t17-,20+/m0/s1. The van der Waals surface area contributed by atoms with Gasteiger partial charge in [0.2, 0.25) is 0 Å². The van der Waals surface area contributed by atoms with Gasteiger partial charge in [0, 0.05) is 5.92 Å². The Labute approximate surface area is 146 Å². The van der Waals surface area contributed by atoms with Crippen LogP contribution in [-0.4, -0.2) is 27.6 Å². The molecule has 0 saturated carbocycles. The highest BCUT2D eigenvalue weighted by Crippen LogP contribution is 2.38. The Morgan fingerprint density at radius 2 is 1.38 bits per heavy atom. The van der Waals surface area contributed by atoms with Gasteiger partial charge in [0.15, 0.2) is 0 Å². The summed E-state index contributed by atoms with van der Waals surface area (Å²) in [5.41, 5.74) is 0. The van der Waals surface area contributed by atoms with Gasteiger partial charge in [0.25, 0.3) is 8.32 Å². The van der Waals surface area contributed by atoms with E-state index < -0.39 is 8.32 Å². The van der Waals surface area contributed by atoms with Gasteiger partial charge in [0.1, 0.15) is 0 Å². The highest BCUT2D eigenvalue weighted by molar-refractivity contribution is 6.99. The van der Waals surface area contributed by atoms with Crippen molar-refractivity contribution in [1.82, 2.24) is 0 Å². The fourth-order valence-corrected chi connectivity index (χ4v) is 8.48. The average molecular weight is 341 g/mol. The van der Waals surface area contributed by atoms with E-state index in [-0.39, 0.29) is 11.1 Å². The molecule has 3 rings (SSSR count). The van der Waals surface area contributed by atoms with Crippen LogP contribution in [0.5, 0.6) is 0 Å². The van der Waals surface area contributed by atoms with Crippen LogP contribution >= 0.6 is 0 Å². The first-order valence-corrected chi connectivity index (χ1v) is 10.7. The largest absolute Gasteiger partial charge is 0.402 e. The predicted octanol–water partition coefficient (Wildman–Crippen LogP) is 3.60. The lowest BCUT2D eigenvalue weighted by atomic mass is 10.1. The summed E-state index contributed by atoms with van der Waals surface area (Å²) >= 11 is 0. The Balaban J connectivity index is 2.17. The van der Waals surface area contributed by atoms with E-state index >= 15 is 0 Å². The zero-order valence-electron chi connectivity index (χ0n) is 15.2. The van der Waals surface area contributed by atoms with Crippen molar-refractivity contribution in [2.75, 3.05) is 13.2 Å². The minimum atomic E-state index is -2.44. The van der Waals surface area contributed by atoms with Crippen LogP contribution in [0.4, 0.5) is 0 Å². The van der Waals surface area contributed by atoms with Crippen molar-refractivity contribution in [3.8, 4) is 0 Å². The van der Waals surface area contributed by atoms with Gasteiger partial charge in [-0.2, -0.15) is 0 Å². The van der Waals surface area contributed by atoms with Gasteiger partial charge in [-0.25, -0.2) is 0 Å². The maximum atomic E-state index is 7.06. The maximum absolute atomic E-state index is 7.06. The third kappa shape index (κ3) is 3.08. The first kappa shape index (κ1) is 17.4. The summed E-state index contributed by atoms with van der Waals surface area (Å²) in [6.07, 6.45) is 0.163. The molecule has 2 aromatic carbocycles. The summed E-state index contributed by atoms with van der Waals surface area (Å²) in [4.78, 5) is 0. The number of benzene rings is 2. The highest BCUT2D eigenvalue weighted by Gasteiger charge is 2.52. The Kier molecular flexibility index (Phi) is 4.95. The van der Waals surface area contributed by atoms with Gasteiger partial charge in [-0.1, -0.05) is 88.4 Å². The van der Waals surface area contributed by atoms with Crippen molar-refractivity contribution in [2.24, 2.45) is 5.92 Å². The van der Waals surface area contributed by atoms with Gasteiger partial charge in [-0.05, 0) is 15.4 Å². The second-order valence-corrected chi connectivity index (χ2v) is 12.1. The summed E-state index contributed by atoms with van der Waals surface area (Å²) in [6, 6.07) is 21.6. The van der Waals surface area contributed by atoms with E-state index in [1.54, 1.807) is 0 Å². The summed E-state index contributed by atoms with van der Waals surface area (Å²) in [7, 11) is -2.44. The maximum Gasteiger partial charge on any atom is 0.261 e. The van der Waals surface area contributed by atoms with Crippen LogP contribution in [0.3, 0.4) is 0 Å². The Hall–Kier alpha value is -1.42. The van der Waals surface area contributed by atoms with E-state index in [4.69, 9.17) is 9.16 Å². The summed E-state index contributed by atoms with van der Waals surface area (Å²) in [6.45, 7) is 10.7. The lowest BCUT2D eigenvalue weighted by molar-refractivity contribution is 0.130. The lowest BCUT2D eigenvalue weighted by Crippen LogP contribution is -2.68.